The second-order valence-electron chi connectivity index (χ2n) is 4.29. The summed E-state index contributed by atoms with van der Waals surface area (Å²) in [5.74, 6) is 1.57. The highest BCUT2D eigenvalue weighted by Crippen LogP contribution is 2.26. The predicted molar refractivity (Wildman–Crippen MR) is 58.1 cm³/mol. The number of rotatable bonds is 4. The lowest BCUT2D eigenvalue weighted by Gasteiger charge is -2.33. The lowest BCUT2D eigenvalue weighted by Crippen LogP contribution is -2.39. The van der Waals surface area contributed by atoms with Gasteiger partial charge < -0.3 is 10.2 Å². The maximum Gasteiger partial charge on any atom is 0.222 e. The molecule has 0 aromatic carbocycles. The van der Waals surface area contributed by atoms with Gasteiger partial charge in [-0.25, -0.2) is 0 Å². The van der Waals surface area contributed by atoms with Gasteiger partial charge in [-0.05, 0) is 31.8 Å². The summed E-state index contributed by atoms with van der Waals surface area (Å²) in [4.78, 5) is 13.4. The third kappa shape index (κ3) is 2.71. The van der Waals surface area contributed by atoms with E-state index in [9.17, 15) is 4.79 Å². The number of amides is 1. The summed E-state index contributed by atoms with van der Waals surface area (Å²) in [5.41, 5.74) is 0. The normalized spacial score (nSPS) is 25.2. The van der Waals surface area contributed by atoms with E-state index in [1.54, 1.807) is 0 Å². The Balaban J connectivity index is 2.47. The highest BCUT2D eigenvalue weighted by atomic mass is 16.2. The molecule has 2 unspecified atom stereocenters. The maximum absolute atomic E-state index is 11.5. The van der Waals surface area contributed by atoms with E-state index in [-0.39, 0.29) is 0 Å². The SMILES string of the molecule is CCC(CNC)C1CCN(C)C(=O)C1. The van der Waals surface area contributed by atoms with Gasteiger partial charge in [-0.3, -0.25) is 4.79 Å². The van der Waals surface area contributed by atoms with Crippen molar-refractivity contribution in [3.8, 4) is 0 Å². The Labute approximate surface area is 86.9 Å². The van der Waals surface area contributed by atoms with Gasteiger partial charge in [0.25, 0.3) is 0 Å². The van der Waals surface area contributed by atoms with Crippen LogP contribution in [0.1, 0.15) is 26.2 Å². The lowest BCUT2D eigenvalue weighted by atomic mass is 9.82. The Morgan fingerprint density at radius 2 is 2.36 bits per heavy atom. The van der Waals surface area contributed by atoms with Crippen molar-refractivity contribution in [1.82, 2.24) is 10.2 Å². The molecule has 3 heteroatoms. The molecule has 1 heterocycles. The summed E-state index contributed by atoms with van der Waals surface area (Å²) < 4.78 is 0. The van der Waals surface area contributed by atoms with Gasteiger partial charge in [-0.2, -0.15) is 0 Å². The molecule has 1 aliphatic heterocycles. The molecule has 1 N–H and O–H groups in total. The summed E-state index contributed by atoms with van der Waals surface area (Å²) in [6, 6.07) is 0. The number of piperidine rings is 1. The van der Waals surface area contributed by atoms with Crippen molar-refractivity contribution in [3.05, 3.63) is 0 Å². The van der Waals surface area contributed by atoms with Gasteiger partial charge >= 0.3 is 0 Å². The fourth-order valence-corrected chi connectivity index (χ4v) is 2.28. The Hall–Kier alpha value is -0.570. The van der Waals surface area contributed by atoms with E-state index in [0.29, 0.717) is 17.7 Å². The zero-order valence-electron chi connectivity index (χ0n) is 9.55. The first kappa shape index (κ1) is 11.5. The van der Waals surface area contributed by atoms with Crippen molar-refractivity contribution in [2.45, 2.75) is 26.2 Å². The van der Waals surface area contributed by atoms with Crippen molar-refractivity contribution >= 4 is 5.91 Å². The van der Waals surface area contributed by atoms with Crippen LogP contribution in [0, 0.1) is 11.8 Å². The Kier molecular flexibility index (Phi) is 4.39. The number of carbonyl (C=O) groups is 1. The molecule has 2 atom stereocenters. The molecule has 0 spiro atoms. The third-order valence-electron chi connectivity index (χ3n) is 3.36. The monoisotopic (exact) mass is 198 g/mol. The van der Waals surface area contributed by atoms with Crippen molar-refractivity contribution in [1.29, 1.82) is 0 Å². The topological polar surface area (TPSA) is 32.3 Å². The Bertz CT molecular complexity index is 194. The van der Waals surface area contributed by atoms with Crippen LogP contribution in [-0.2, 0) is 4.79 Å². The fraction of sp³-hybridized carbons (Fsp3) is 0.909. The van der Waals surface area contributed by atoms with Crippen LogP contribution in [0.25, 0.3) is 0 Å². The average Bonchev–Trinajstić information content (AvgIpc) is 2.19. The average molecular weight is 198 g/mol. The largest absolute Gasteiger partial charge is 0.346 e. The number of hydrogen-bond donors (Lipinski definition) is 1. The van der Waals surface area contributed by atoms with E-state index in [0.717, 1.165) is 19.5 Å². The molecule has 1 amide bonds. The quantitative estimate of drug-likeness (QED) is 0.733. The minimum atomic E-state index is 0.316. The van der Waals surface area contributed by atoms with Crippen LogP contribution in [0.3, 0.4) is 0 Å². The van der Waals surface area contributed by atoms with E-state index in [4.69, 9.17) is 0 Å². The summed E-state index contributed by atoms with van der Waals surface area (Å²) in [7, 11) is 3.89. The van der Waals surface area contributed by atoms with E-state index < -0.39 is 0 Å². The minimum Gasteiger partial charge on any atom is -0.346 e. The molecule has 0 aromatic heterocycles. The molecule has 82 valence electrons. The van der Waals surface area contributed by atoms with Crippen LogP contribution in [-0.4, -0.2) is 38.0 Å². The first-order chi connectivity index (χ1) is 6.69. The van der Waals surface area contributed by atoms with Gasteiger partial charge in [-0.15, -0.1) is 0 Å². The molecular weight excluding hydrogens is 176 g/mol. The predicted octanol–water partition coefficient (Wildman–Crippen LogP) is 1.10. The Morgan fingerprint density at radius 1 is 1.64 bits per heavy atom. The van der Waals surface area contributed by atoms with Gasteiger partial charge in [0.1, 0.15) is 0 Å². The van der Waals surface area contributed by atoms with E-state index in [1.807, 2.05) is 19.0 Å². The van der Waals surface area contributed by atoms with Crippen LogP contribution in [0.4, 0.5) is 0 Å². The number of hydrogen-bond acceptors (Lipinski definition) is 2. The number of nitrogens with one attached hydrogen (secondary N) is 1. The number of likely N-dealkylation sites (tertiary alicyclic amines) is 1. The molecule has 3 nitrogen and oxygen atoms in total. The molecule has 0 aliphatic carbocycles. The molecule has 14 heavy (non-hydrogen) atoms. The Morgan fingerprint density at radius 3 is 2.86 bits per heavy atom. The van der Waals surface area contributed by atoms with Crippen LogP contribution >= 0.6 is 0 Å². The minimum absolute atomic E-state index is 0.316. The van der Waals surface area contributed by atoms with E-state index >= 15 is 0 Å². The first-order valence-corrected chi connectivity index (χ1v) is 5.57. The highest BCUT2D eigenvalue weighted by molar-refractivity contribution is 5.76. The van der Waals surface area contributed by atoms with Gasteiger partial charge in [0.05, 0.1) is 0 Å². The van der Waals surface area contributed by atoms with Crippen LogP contribution < -0.4 is 5.32 Å². The molecule has 0 radical (unpaired) electrons. The number of nitrogens with zero attached hydrogens (tertiary/aromatic N) is 1. The summed E-state index contributed by atoms with van der Waals surface area (Å²) in [6.07, 6.45) is 3.08. The summed E-state index contributed by atoms with van der Waals surface area (Å²) in [5, 5.41) is 3.22. The zero-order valence-corrected chi connectivity index (χ0v) is 9.55. The van der Waals surface area contributed by atoms with Crippen molar-refractivity contribution in [2.24, 2.45) is 11.8 Å². The fourth-order valence-electron chi connectivity index (χ4n) is 2.28. The zero-order chi connectivity index (χ0) is 10.6. The van der Waals surface area contributed by atoms with E-state index in [1.165, 1.54) is 12.8 Å². The first-order valence-electron chi connectivity index (χ1n) is 5.57. The van der Waals surface area contributed by atoms with Gasteiger partial charge in [0.15, 0.2) is 0 Å². The molecule has 1 aliphatic rings. The maximum atomic E-state index is 11.5. The molecule has 0 bridgehead atoms. The molecule has 0 saturated carbocycles. The molecule has 0 aromatic rings. The molecule has 1 rings (SSSR count). The number of carbonyl (C=O) groups excluding carboxylic acids is 1. The van der Waals surface area contributed by atoms with Crippen LogP contribution in [0.5, 0.6) is 0 Å². The second-order valence-corrected chi connectivity index (χ2v) is 4.29. The van der Waals surface area contributed by atoms with Crippen molar-refractivity contribution in [3.63, 3.8) is 0 Å². The van der Waals surface area contributed by atoms with Gasteiger partial charge in [-0.1, -0.05) is 13.3 Å². The molecule has 1 saturated heterocycles. The van der Waals surface area contributed by atoms with Crippen molar-refractivity contribution in [2.75, 3.05) is 27.2 Å². The standard InChI is InChI=1S/C11H22N2O/c1-4-9(8-12-2)10-5-6-13(3)11(14)7-10/h9-10,12H,4-8H2,1-3H3. The van der Waals surface area contributed by atoms with Crippen LogP contribution in [0.15, 0.2) is 0 Å². The second kappa shape index (κ2) is 5.35. The summed E-state index contributed by atoms with van der Waals surface area (Å²) in [6.45, 7) is 4.19. The van der Waals surface area contributed by atoms with Crippen LogP contribution in [0.2, 0.25) is 0 Å². The van der Waals surface area contributed by atoms with Crippen molar-refractivity contribution < 1.29 is 4.79 Å². The third-order valence-corrected chi connectivity index (χ3v) is 3.36. The smallest absolute Gasteiger partial charge is 0.222 e. The summed E-state index contributed by atoms with van der Waals surface area (Å²) >= 11 is 0. The highest BCUT2D eigenvalue weighted by Gasteiger charge is 2.28. The van der Waals surface area contributed by atoms with Gasteiger partial charge in [0, 0.05) is 20.0 Å². The molecular formula is C11H22N2O. The van der Waals surface area contributed by atoms with E-state index in [2.05, 4.69) is 12.2 Å². The molecule has 1 fully saturated rings. The lowest BCUT2D eigenvalue weighted by molar-refractivity contribution is -0.134. The van der Waals surface area contributed by atoms with Gasteiger partial charge in [0.2, 0.25) is 5.91 Å².